The smallest absolute Gasteiger partial charge is 0.0305 e. The highest BCUT2D eigenvalue weighted by Crippen LogP contribution is 2.18. The highest BCUT2D eigenvalue weighted by Gasteiger charge is 2.04. The van der Waals surface area contributed by atoms with Gasteiger partial charge in [0.05, 0.1) is 0 Å². The molecule has 0 amide bonds. The first-order chi connectivity index (χ1) is 9.11. The van der Waals surface area contributed by atoms with Crippen LogP contribution in [0.3, 0.4) is 0 Å². The lowest BCUT2D eigenvalue weighted by Crippen LogP contribution is -2.14. The summed E-state index contributed by atoms with van der Waals surface area (Å²) >= 11 is 1.86. The van der Waals surface area contributed by atoms with Gasteiger partial charge < -0.3 is 5.32 Å². The van der Waals surface area contributed by atoms with Gasteiger partial charge in [-0.3, -0.25) is 0 Å². The molecule has 1 nitrogen and oxygen atoms in total. The van der Waals surface area contributed by atoms with Crippen molar-refractivity contribution in [2.75, 3.05) is 0 Å². The minimum atomic E-state index is 0.952. The van der Waals surface area contributed by atoms with Gasteiger partial charge in [0.15, 0.2) is 0 Å². The van der Waals surface area contributed by atoms with Crippen molar-refractivity contribution in [1.82, 2.24) is 5.32 Å². The predicted octanol–water partition coefficient (Wildman–Crippen LogP) is 4.53. The fourth-order valence-electron chi connectivity index (χ4n) is 2.36. The van der Waals surface area contributed by atoms with E-state index in [-0.39, 0.29) is 0 Å². The molecule has 2 rings (SSSR count). The largest absolute Gasteiger partial charge is 0.308 e. The van der Waals surface area contributed by atoms with E-state index in [0.717, 1.165) is 19.5 Å². The Kier molecular flexibility index (Phi) is 4.78. The lowest BCUT2D eigenvalue weighted by molar-refractivity contribution is 0.693. The van der Waals surface area contributed by atoms with Crippen LogP contribution in [0.5, 0.6) is 0 Å². The maximum Gasteiger partial charge on any atom is 0.0305 e. The number of benzene rings is 1. The van der Waals surface area contributed by atoms with Crippen LogP contribution in [0.4, 0.5) is 0 Å². The number of thiophene rings is 1. The quantitative estimate of drug-likeness (QED) is 0.844. The molecule has 0 aliphatic carbocycles. The van der Waals surface area contributed by atoms with Gasteiger partial charge in [-0.05, 0) is 66.5 Å². The van der Waals surface area contributed by atoms with E-state index in [4.69, 9.17) is 0 Å². The third kappa shape index (κ3) is 3.46. The van der Waals surface area contributed by atoms with Crippen molar-refractivity contribution in [2.45, 2.75) is 47.2 Å². The van der Waals surface area contributed by atoms with Gasteiger partial charge in [0.1, 0.15) is 0 Å². The fourth-order valence-corrected chi connectivity index (χ4v) is 3.30. The predicted molar refractivity (Wildman–Crippen MR) is 84.9 cm³/mol. The molecule has 1 heterocycles. The van der Waals surface area contributed by atoms with Crippen molar-refractivity contribution in [3.63, 3.8) is 0 Å². The summed E-state index contributed by atoms with van der Waals surface area (Å²) in [5, 5.41) is 5.77. The maximum absolute atomic E-state index is 3.58. The monoisotopic (exact) mass is 273 g/mol. The van der Waals surface area contributed by atoms with Crippen LogP contribution >= 0.6 is 11.3 Å². The second-order valence-electron chi connectivity index (χ2n) is 5.19. The van der Waals surface area contributed by atoms with E-state index >= 15 is 0 Å². The van der Waals surface area contributed by atoms with Gasteiger partial charge in [-0.1, -0.05) is 19.1 Å². The molecule has 0 spiro atoms. The normalized spacial score (nSPS) is 10.9. The fraction of sp³-hybridized carbons (Fsp3) is 0.412. The van der Waals surface area contributed by atoms with Crippen LogP contribution in [0, 0.1) is 20.8 Å². The zero-order chi connectivity index (χ0) is 13.8. The third-order valence-corrected chi connectivity index (χ3v) is 4.74. The molecule has 0 fully saturated rings. The Bertz CT molecular complexity index is 554. The van der Waals surface area contributed by atoms with E-state index in [1.807, 2.05) is 11.3 Å². The van der Waals surface area contributed by atoms with Crippen molar-refractivity contribution in [1.29, 1.82) is 0 Å². The van der Waals surface area contributed by atoms with Gasteiger partial charge in [-0.15, -0.1) is 11.3 Å². The standard InChI is InChI=1S/C17H23NS/c1-5-15-6-7-19-17(15)11-18-10-16-9-13(3)12(2)8-14(16)4/h6-9,18H,5,10-11H2,1-4H3. The van der Waals surface area contributed by atoms with Gasteiger partial charge in [-0.2, -0.15) is 0 Å². The lowest BCUT2D eigenvalue weighted by Gasteiger charge is -2.11. The summed E-state index contributed by atoms with van der Waals surface area (Å²) in [4.78, 5) is 1.48. The molecule has 0 bridgehead atoms. The summed E-state index contributed by atoms with van der Waals surface area (Å²) in [6.45, 7) is 10.7. The molecule has 19 heavy (non-hydrogen) atoms. The second-order valence-corrected chi connectivity index (χ2v) is 6.19. The molecule has 2 aromatic rings. The number of rotatable bonds is 5. The minimum absolute atomic E-state index is 0.952. The van der Waals surface area contributed by atoms with Crippen molar-refractivity contribution in [3.8, 4) is 0 Å². The van der Waals surface area contributed by atoms with E-state index in [2.05, 4.69) is 56.6 Å². The summed E-state index contributed by atoms with van der Waals surface area (Å²) in [5.41, 5.74) is 7.05. The molecule has 1 aromatic heterocycles. The van der Waals surface area contributed by atoms with Gasteiger partial charge in [-0.25, -0.2) is 0 Å². The lowest BCUT2D eigenvalue weighted by atomic mass is 10.0. The van der Waals surface area contributed by atoms with E-state index in [9.17, 15) is 0 Å². The zero-order valence-electron chi connectivity index (χ0n) is 12.3. The Morgan fingerprint density at radius 2 is 1.68 bits per heavy atom. The Morgan fingerprint density at radius 1 is 0.947 bits per heavy atom. The van der Waals surface area contributed by atoms with Crippen LogP contribution in [0.15, 0.2) is 23.6 Å². The van der Waals surface area contributed by atoms with Crippen LogP contribution in [0.1, 0.15) is 39.6 Å². The zero-order valence-corrected chi connectivity index (χ0v) is 13.2. The molecule has 0 aliphatic rings. The Hall–Kier alpha value is -1.12. The van der Waals surface area contributed by atoms with Gasteiger partial charge >= 0.3 is 0 Å². The molecule has 1 N–H and O–H groups in total. The topological polar surface area (TPSA) is 12.0 Å². The number of hydrogen-bond acceptors (Lipinski definition) is 2. The maximum atomic E-state index is 3.58. The molecule has 0 atom stereocenters. The van der Waals surface area contributed by atoms with Crippen LogP contribution < -0.4 is 5.32 Å². The minimum Gasteiger partial charge on any atom is -0.308 e. The van der Waals surface area contributed by atoms with Gasteiger partial charge in [0, 0.05) is 18.0 Å². The summed E-state index contributed by atoms with van der Waals surface area (Å²) in [6.07, 6.45) is 1.13. The average Bonchev–Trinajstić information content (AvgIpc) is 2.83. The highest BCUT2D eigenvalue weighted by atomic mass is 32.1. The molecule has 0 saturated carbocycles. The second kappa shape index (κ2) is 6.36. The van der Waals surface area contributed by atoms with Crippen molar-refractivity contribution < 1.29 is 0 Å². The van der Waals surface area contributed by atoms with Crippen molar-refractivity contribution in [3.05, 3.63) is 56.3 Å². The summed E-state index contributed by atoms with van der Waals surface area (Å²) < 4.78 is 0. The summed E-state index contributed by atoms with van der Waals surface area (Å²) in [6, 6.07) is 6.84. The highest BCUT2D eigenvalue weighted by molar-refractivity contribution is 7.10. The van der Waals surface area contributed by atoms with Crippen LogP contribution in [-0.4, -0.2) is 0 Å². The molecule has 102 valence electrons. The molecule has 0 unspecified atom stereocenters. The van der Waals surface area contributed by atoms with Gasteiger partial charge in [0.2, 0.25) is 0 Å². The van der Waals surface area contributed by atoms with Crippen molar-refractivity contribution in [2.24, 2.45) is 0 Å². The SMILES string of the molecule is CCc1ccsc1CNCc1cc(C)c(C)cc1C. The molecular weight excluding hydrogens is 250 g/mol. The van der Waals surface area contributed by atoms with E-state index in [1.165, 1.54) is 32.7 Å². The molecular formula is C17H23NS. The Labute approximate surface area is 120 Å². The van der Waals surface area contributed by atoms with Crippen LogP contribution in [0.2, 0.25) is 0 Å². The van der Waals surface area contributed by atoms with Crippen molar-refractivity contribution >= 4 is 11.3 Å². The first-order valence-corrected chi connectivity index (χ1v) is 7.82. The first kappa shape index (κ1) is 14.3. The molecule has 0 aliphatic heterocycles. The van der Waals surface area contributed by atoms with E-state index < -0.39 is 0 Å². The number of nitrogens with one attached hydrogen (secondary N) is 1. The molecule has 1 aromatic carbocycles. The van der Waals surface area contributed by atoms with Crippen LogP contribution in [-0.2, 0) is 19.5 Å². The van der Waals surface area contributed by atoms with E-state index in [1.54, 1.807) is 0 Å². The van der Waals surface area contributed by atoms with E-state index in [0.29, 0.717) is 0 Å². The number of aryl methyl sites for hydroxylation is 4. The van der Waals surface area contributed by atoms with Gasteiger partial charge in [0.25, 0.3) is 0 Å². The Morgan fingerprint density at radius 3 is 2.42 bits per heavy atom. The van der Waals surface area contributed by atoms with Crippen LogP contribution in [0.25, 0.3) is 0 Å². The Balaban J connectivity index is 1.98. The average molecular weight is 273 g/mol. The number of hydrogen-bond donors (Lipinski definition) is 1. The summed E-state index contributed by atoms with van der Waals surface area (Å²) in [5.74, 6) is 0. The molecule has 0 radical (unpaired) electrons. The molecule has 2 heteroatoms. The molecule has 0 saturated heterocycles. The summed E-state index contributed by atoms with van der Waals surface area (Å²) in [7, 11) is 0. The third-order valence-electron chi connectivity index (χ3n) is 3.77. The first-order valence-electron chi connectivity index (χ1n) is 6.94.